The molecule has 1 aliphatic rings. The number of aromatic nitrogens is 2. The van der Waals surface area contributed by atoms with Gasteiger partial charge in [0.15, 0.2) is 5.82 Å². The summed E-state index contributed by atoms with van der Waals surface area (Å²) < 4.78 is 0. The van der Waals surface area contributed by atoms with Crippen molar-refractivity contribution in [1.29, 1.82) is 5.26 Å². The number of hydrogen-bond donors (Lipinski definition) is 1. The molecule has 1 atom stereocenters. The van der Waals surface area contributed by atoms with Gasteiger partial charge in [-0.3, -0.25) is 9.69 Å². The molecule has 0 saturated carbocycles. The van der Waals surface area contributed by atoms with E-state index >= 15 is 0 Å². The average molecular weight is 252 g/mol. The van der Waals surface area contributed by atoms with Crippen molar-refractivity contribution in [2.24, 2.45) is 11.7 Å². The van der Waals surface area contributed by atoms with Crippen LogP contribution in [0.25, 0.3) is 0 Å². The van der Waals surface area contributed by atoms with Crippen molar-refractivity contribution in [1.82, 2.24) is 9.97 Å². The second-order valence-corrected chi connectivity index (χ2v) is 4.14. The summed E-state index contributed by atoms with van der Waals surface area (Å²) in [6, 6.07) is 1.94. The first-order chi connectivity index (χ1) is 8.15. The minimum atomic E-state index is -0.0910. The highest BCUT2D eigenvalue weighted by molar-refractivity contribution is 6.28. The van der Waals surface area contributed by atoms with E-state index in [1.165, 1.54) is 11.1 Å². The van der Waals surface area contributed by atoms with Crippen LogP contribution in [0.4, 0.5) is 5.82 Å². The maximum atomic E-state index is 11.8. The van der Waals surface area contributed by atoms with Crippen LogP contribution in [0.1, 0.15) is 12.0 Å². The highest BCUT2D eigenvalue weighted by Gasteiger charge is 2.32. The number of carbonyl (C=O) groups excluding carboxylic acids is 1. The molecular weight excluding hydrogens is 242 g/mol. The van der Waals surface area contributed by atoms with Crippen LogP contribution >= 0.6 is 11.6 Å². The molecule has 1 fully saturated rings. The van der Waals surface area contributed by atoms with E-state index in [0.717, 1.165) is 0 Å². The van der Waals surface area contributed by atoms with Gasteiger partial charge in [-0.25, -0.2) is 4.98 Å². The Labute approximate surface area is 103 Å². The first-order valence-electron chi connectivity index (χ1n) is 5.08. The Balaban J connectivity index is 2.37. The Hall–Kier alpha value is -1.71. The third-order valence-electron chi connectivity index (χ3n) is 2.65. The van der Waals surface area contributed by atoms with E-state index in [2.05, 4.69) is 9.97 Å². The summed E-state index contributed by atoms with van der Waals surface area (Å²) in [5.41, 5.74) is 5.77. The quantitative estimate of drug-likeness (QED) is 0.764. The van der Waals surface area contributed by atoms with Crippen LogP contribution in [0.2, 0.25) is 5.28 Å². The molecule has 1 amide bonds. The van der Waals surface area contributed by atoms with Gasteiger partial charge < -0.3 is 5.73 Å². The highest BCUT2D eigenvalue weighted by Crippen LogP contribution is 2.26. The fourth-order valence-electron chi connectivity index (χ4n) is 1.78. The van der Waals surface area contributed by atoms with E-state index in [1.807, 2.05) is 6.07 Å². The molecule has 1 aliphatic heterocycles. The summed E-state index contributed by atoms with van der Waals surface area (Å²) in [4.78, 5) is 20.9. The molecule has 6 nitrogen and oxygen atoms in total. The van der Waals surface area contributed by atoms with Crippen molar-refractivity contribution in [2.45, 2.75) is 6.42 Å². The van der Waals surface area contributed by atoms with Gasteiger partial charge in [0.1, 0.15) is 11.6 Å². The summed E-state index contributed by atoms with van der Waals surface area (Å²) in [6.45, 7) is 0.903. The van der Waals surface area contributed by atoms with E-state index in [-0.39, 0.29) is 28.5 Å². The minimum Gasteiger partial charge on any atom is -0.330 e. The van der Waals surface area contributed by atoms with Crippen LogP contribution in [-0.4, -0.2) is 29.0 Å². The maximum absolute atomic E-state index is 11.8. The molecule has 1 saturated heterocycles. The number of amides is 1. The molecule has 1 aromatic rings. The zero-order valence-electron chi connectivity index (χ0n) is 8.93. The average Bonchev–Trinajstić information content (AvgIpc) is 2.70. The maximum Gasteiger partial charge on any atom is 0.228 e. The Morgan fingerprint density at radius 2 is 2.47 bits per heavy atom. The number of halogens is 1. The van der Waals surface area contributed by atoms with Gasteiger partial charge in [-0.2, -0.15) is 10.2 Å². The summed E-state index contributed by atoms with van der Waals surface area (Å²) in [7, 11) is 0. The second kappa shape index (κ2) is 4.65. The first-order valence-corrected chi connectivity index (χ1v) is 5.46. The van der Waals surface area contributed by atoms with Crippen molar-refractivity contribution in [3.8, 4) is 6.07 Å². The van der Waals surface area contributed by atoms with Gasteiger partial charge in [0, 0.05) is 13.0 Å². The summed E-state index contributed by atoms with van der Waals surface area (Å²) >= 11 is 5.68. The van der Waals surface area contributed by atoms with E-state index in [0.29, 0.717) is 19.5 Å². The van der Waals surface area contributed by atoms with Crippen LogP contribution in [0.15, 0.2) is 6.20 Å². The molecule has 0 spiro atoms. The Kier molecular flexibility index (Phi) is 3.22. The molecule has 0 aliphatic carbocycles. The molecule has 0 bridgehead atoms. The molecule has 2 N–H and O–H groups in total. The lowest BCUT2D eigenvalue weighted by molar-refractivity contribution is -0.117. The summed E-state index contributed by atoms with van der Waals surface area (Å²) in [5, 5.41) is 8.96. The van der Waals surface area contributed by atoms with Gasteiger partial charge in [-0.15, -0.1) is 0 Å². The van der Waals surface area contributed by atoms with Crippen LogP contribution in [-0.2, 0) is 4.79 Å². The molecule has 17 heavy (non-hydrogen) atoms. The fourth-order valence-corrected chi connectivity index (χ4v) is 1.91. The van der Waals surface area contributed by atoms with E-state index in [4.69, 9.17) is 22.6 Å². The van der Waals surface area contributed by atoms with Gasteiger partial charge in [0.2, 0.25) is 11.2 Å². The van der Waals surface area contributed by atoms with Gasteiger partial charge >= 0.3 is 0 Å². The topological polar surface area (TPSA) is 95.9 Å². The second-order valence-electron chi connectivity index (χ2n) is 3.80. The largest absolute Gasteiger partial charge is 0.330 e. The molecule has 2 rings (SSSR count). The molecule has 0 radical (unpaired) electrons. The Bertz CT molecular complexity index is 498. The standard InChI is InChI=1S/C10H10ClN5O/c11-10-14-4-7(3-13)9(15-10)16-5-6(2-12)1-8(16)17/h4,6H,1-2,5,12H2. The predicted octanol–water partition coefficient (Wildman–Crippen LogP) is 0.313. The lowest BCUT2D eigenvalue weighted by Gasteiger charge is -2.16. The molecule has 1 unspecified atom stereocenters. The monoisotopic (exact) mass is 251 g/mol. The van der Waals surface area contributed by atoms with E-state index in [1.54, 1.807) is 0 Å². The van der Waals surface area contributed by atoms with Gasteiger partial charge in [-0.1, -0.05) is 0 Å². The van der Waals surface area contributed by atoms with E-state index < -0.39 is 0 Å². The molecular formula is C10H10ClN5O. The number of carbonyl (C=O) groups is 1. The van der Waals surface area contributed by atoms with Gasteiger partial charge in [0.05, 0.1) is 6.20 Å². The number of nitriles is 1. The third-order valence-corrected chi connectivity index (χ3v) is 2.84. The van der Waals surface area contributed by atoms with Gasteiger partial charge in [0.25, 0.3) is 0 Å². The Morgan fingerprint density at radius 1 is 1.71 bits per heavy atom. The smallest absolute Gasteiger partial charge is 0.228 e. The molecule has 0 aromatic carbocycles. The van der Waals surface area contributed by atoms with Crippen molar-refractivity contribution < 1.29 is 4.79 Å². The lowest BCUT2D eigenvalue weighted by atomic mass is 10.1. The van der Waals surface area contributed by atoms with Crippen molar-refractivity contribution in [2.75, 3.05) is 18.0 Å². The van der Waals surface area contributed by atoms with Crippen molar-refractivity contribution >= 4 is 23.3 Å². The number of nitrogens with zero attached hydrogens (tertiary/aromatic N) is 4. The molecule has 1 aromatic heterocycles. The van der Waals surface area contributed by atoms with Crippen LogP contribution in [0.3, 0.4) is 0 Å². The van der Waals surface area contributed by atoms with Crippen molar-refractivity contribution in [3.05, 3.63) is 17.0 Å². The predicted molar refractivity (Wildman–Crippen MR) is 61.3 cm³/mol. The van der Waals surface area contributed by atoms with Crippen molar-refractivity contribution in [3.63, 3.8) is 0 Å². The van der Waals surface area contributed by atoms with Crippen LogP contribution in [0, 0.1) is 17.2 Å². The summed E-state index contributed by atoms with van der Waals surface area (Å²) in [6.07, 6.45) is 1.69. The molecule has 88 valence electrons. The zero-order valence-corrected chi connectivity index (χ0v) is 9.68. The highest BCUT2D eigenvalue weighted by atomic mass is 35.5. The van der Waals surface area contributed by atoms with Gasteiger partial charge in [-0.05, 0) is 24.1 Å². The molecule has 2 heterocycles. The fraction of sp³-hybridized carbons (Fsp3) is 0.400. The SMILES string of the molecule is N#Cc1cnc(Cl)nc1N1CC(CN)CC1=O. The summed E-state index contributed by atoms with van der Waals surface area (Å²) in [5.74, 6) is 0.281. The number of rotatable bonds is 2. The normalized spacial score (nSPS) is 19.5. The van der Waals surface area contributed by atoms with Crippen LogP contribution < -0.4 is 10.6 Å². The molecule has 7 heteroatoms. The minimum absolute atomic E-state index is 0.0167. The zero-order chi connectivity index (χ0) is 12.4. The lowest BCUT2D eigenvalue weighted by Crippen LogP contribution is -2.27. The first kappa shape index (κ1) is 11.8. The Morgan fingerprint density at radius 3 is 3.06 bits per heavy atom. The number of hydrogen-bond acceptors (Lipinski definition) is 5. The van der Waals surface area contributed by atoms with Crippen LogP contribution in [0.5, 0.6) is 0 Å². The van der Waals surface area contributed by atoms with E-state index in [9.17, 15) is 4.79 Å². The number of anilines is 1. The third kappa shape index (κ3) is 2.20. The number of nitrogens with two attached hydrogens (primary N) is 1.